The van der Waals surface area contributed by atoms with E-state index in [1.54, 1.807) is 5.01 Å². The van der Waals surface area contributed by atoms with E-state index in [9.17, 15) is 15.2 Å². The number of nitro benzene ring substituents is 1. The van der Waals surface area contributed by atoms with Crippen LogP contribution in [0.1, 0.15) is 5.56 Å². The van der Waals surface area contributed by atoms with Crippen LogP contribution in [0.2, 0.25) is 5.02 Å². The van der Waals surface area contributed by atoms with Crippen molar-refractivity contribution >= 4 is 23.5 Å². The molecule has 0 radical (unpaired) electrons. The molecule has 1 aromatic rings. The number of aromatic hydroxyl groups is 1. The summed E-state index contributed by atoms with van der Waals surface area (Å²) in [4.78, 5) is 10.1. The lowest BCUT2D eigenvalue weighted by atomic mass is 10.2. The van der Waals surface area contributed by atoms with Gasteiger partial charge >= 0.3 is 5.69 Å². The Morgan fingerprint density at radius 1 is 1.47 bits per heavy atom. The molecule has 19 heavy (non-hydrogen) atoms. The first-order chi connectivity index (χ1) is 9.08. The first-order valence-corrected chi connectivity index (χ1v) is 5.99. The first kappa shape index (κ1) is 13.6. The highest BCUT2D eigenvalue weighted by atomic mass is 35.5. The van der Waals surface area contributed by atoms with Crippen LogP contribution in [0.25, 0.3) is 0 Å². The fraction of sp³-hybridized carbons (Fsp3) is 0.364. The van der Waals surface area contributed by atoms with E-state index in [0.717, 1.165) is 6.07 Å². The molecule has 1 heterocycles. The molecule has 0 amide bonds. The molecule has 0 spiro atoms. The number of benzene rings is 1. The van der Waals surface area contributed by atoms with Gasteiger partial charge in [-0.05, 0) is 6.07 Å². The van der Waals surface area contributed by atoms with Crippen LogP contribution in [0.15, 0.2) is 17.2 Å². The Morgan fingerprint density at radius 3 is 2.79 bits per heavy atom. The van der Waals surface area contributed by atoms with Gasteiger partial charge in [0.05, 0.1) is 37.4 Å². The van der Waals surface area contributed by atoms with Crippen molar-refractivity contribution in [3.05, 3.63) is 32.8 Å². The molecule has 1 aromatic carbocycles. The highest BCUT2D eigenvalue weighted by Crippen LogP contribution is 2.32. The average molecular weight is 286 g/mol. The fourth-order valence-electron chi connectivity index (χ4n) is 1.66. The molecule has 1 N–H and O–H groups in total. The zero-order valence-electron chi connectivity index (χ0n) is 9.95. The van der Waals surface area contributed by atoms with Crippen LogP contribution >= 0.6 is 11.6 Å². The molecule has 102 valence electrons. The maximum absolute atomic E-state index is 10.7. The molecule has 0 saturated carbocycles. The number of halogens is 1. The quantitative estimate of drug-likeness (QED) is 0.518. The Morgan fingerprint density at radius 2 is 2.16 bits per heavy atom. The molecule has 8 heteroatoms. The van der Waals surface area contributed by atoms with Crippen molar-refractivity contribution in [1.82, 2.24) is 5.01 Å². The number of hydrogen-bond acceptors (Lipinski definition) is 6. The van der Waals surface area contributed by atoms with Crippen molar-refractivity contribution < 1.29 is 14.8 Å². The van der Waals surface area contributed by atoms with Crippen LogP contribution in [0.4, 0.5) is 5.69 Å². The Hall–Kier alpha value is -1.86. The summed E-state index contributed by atoms with van der Waals surface area (Å²) in [6, 6.07) is 2.52. The van der Waals surface area contributed by atoms with Crippen LogP contribution in [-0.4, -0.2) is 47.6 Å². The first-order valence-electron chi connectivity index (χ1n) is 5.61. The van der Waals surface area contributed by atoms with E-state index in [2.05, 4.69) is 5.10 Å². The molecule has 1 fully saturated rings. The van der Waals surface area contributed by atoms with Gasteiger partial charge in [-0.2, -0.15) is 5.10 Å². The minimum atomic E-state index is -0.687. The largest absolute Gasteiger partial charge is 0.502 e. The van der Waals surface area contributed by atoms with Crippen molar-refractivity contribution in [3.8, 4) is 5.75 Å². The van der Waals surface area contributed by atoms with E-state index >= 15 is 0 Å². The lowest BCUT2D eigenvalue weighted by Gasteiger charge is -2.23. The third-order valence-electron chi connectivity index (χ3n) is 2.63. The highest BCUT2D eigenvalue weighted by Gasteiger charge is 2.18. The second kappa shape index (κ2) is 5.85. The van der Waals surface area contributed by atoms with Gasteiger partial charge < -0.3 is 9.84 Å². The third-order valence-corrected chi connectivity index (χ3v) is 2.85. The molecule has 0 aliphatic carbocycles. The zero-order valence-corrected chi connectivity index (χ0v) is 10.7. The molecule has 0 aromatic heterocycles. The van der Waals surface area contributed by atoms with Crippen molar-refractivity contribution in [2.45, 2.75) is 0 Å². The summed E-state index contributed by atoms with van der Waals surface area (Å²) >= 11 is 5.78. The van der Waals surface area contributed by atoms with E-state index in [0.29, 0.717) is 26.3 Å². The predicted molar refractivity (Wildman–Crippen MR) is 69.8 cm³/mol. The van der Waals surface area contributed by atoms with Crippen molar-refractivity contribution in [1.29, 1.82) is 0 Å². The zero-order chi connectivity index (χ0) is 13.8. The van der Waals surface area contributed by atoms with E-state index in [-0.39, 0.29) is 10.6 Å². The maximum atomic E-state index is 10.7. The standard InChI is InChI=1S/C11H12ClN3O4/c12-9-5-8(11(16)10(6-9)15(17)18)7-13-14-1-3-19-4-2-14/h5-7,16H,1-4H2/b13-7-. The van der Waals surface area contributed by atoms with Crippen LogP contribution in [-0.2, 0) is 4.74 Å². The van der Waals surface area contributed by atoms with Crippen molar-refractivity contribution in [2.75, 3.05) is 26.3 Å². The summed E-state index contributed by atoms with van der Waals surface area (Å²) in [5, 5.41) is 26.6. The molecular weight excluding hydrogens is 274 g/mol. The number of ether oxygens (including phenoxy) is 1. The molecule has 1 aliphatic rings. The molecule has 1 aliphatic heterocycles. The van der Waals surface area contributed by atoms with E-state index in [1.807, 2.05) is 0 Å². The highest BCUT2D eigenvalue weighted by molar-refractivity contribution is 6.31. The lowest BCUT2D eigenvalue weighted by molar-refractivity contribution is -0.385. The Balaban J connectivity index is 2.24. The summed E-state index contributed by atoms with van der Waals surface area (Å²) < 4.78 is 5.17. The average Bonchev–Trinajstić information content (AvgIpc) is 2.40. The molecule has 1 saturated heterocycles. The van der Waals surface area contributed by atoms with Gasteiger partial charge in [-0.15, -0.1) is 0 Å². The Bertz CT molecular complexity index is 515. The number of nitro groups is 1. The van der Waals surface area contributed by atoms with Crippen molar-refractivity contribution in [3.63, 3.8) is 0 Å². The minimum Gasteiger partial charge on any atom is -0.502 e. The Labute approximate surface area is 114 Å². The summed E-state index contributed by atoms with van der Waals surface area (Å²) in [5.41, 5.74) is -0.221. The number of rotatable bonds is 3. The van der Waals surface area contributed by atoms with Gasteiger partial charge in [0, 0.05) is 16.7 Å². The number of hydrazone groups is 1. The van der Waals surface area contributed by atoms with E-state index in [4.69, 9.17) is 16.3 Å². The smallest absolute Gasteiger partial charge is 0.312 e. The Kier molecular flexibility index (Phi) is 4.18. The monoisotopic (exact) mass is 285 g/mol. The second-order valence-corrected chi connectivity index (χ2v) is 4.37. The van der Waals surface area contributed by atoms with E-state index in [1.165, 1.54) is 12.3 Å². The van der Waals surface area contributed by atoms with Gasteiger partial charge in [0.15, 0.2) is 0 Å². The van der Waals surface area contributed by atoms with Gasteiger partial charge in [0.25, 0.3) is 0 Å². The van der Waals surface area contributed by atoms with Gasteiger partial charge in [-0.3, -0.25) is 15.1 Å². The molecule has 2 rings (SSSR count). The molecule has 0 atom stereocenters. The van der Waals surface area contributed by atoms with Crippen LogP contribution in [0.5, 0.6) is 5.75 Å². The number of hydrogen-bond donors (Lipinski definition) is 1. The van der Waals surface area contributed by atoms with Crippen molar-refractivity contribution in [2.24, 2.45) is 5.10 Å². The number of nitrogens with zero attached hydrogens (tertiary/aromatic N) is 3. The SMILES string of the molecule is O=[N+]([O-])c1cc(Cl)cc(/C=N\N2CCOCC2)c1O. The molecule has 7 nitrogen and oxygen atoms in total. The molecular formula is C11H12ClN3O4. The number of phenolic OH excluding ortho intramolecular Hbond substituents is 1. The van der Waals surface area contributed by atoms with Crippen LogP contribution < -0.4 is 0 Å². The predicted octanol–water partition coefficient (Wildman–Crippen LogP) is 1.62. The number of phenols is 1. The normalized spacial score (nSPS) is 15.9. The van der Waals surface area contributed by atoms with E-state index < -0.39 is 16.4 Å². The summed E-state index contributed by atoms with van der Waals surface area (Å²) in [6.45, 7) is 2.44. The molecule has 0 unspecified atom stereocenters. The summed E-state index contributed by atoms with van der Waals surface area (Å²) in [5.74, 6) is -0.439. The topological polar surface area (TPSA) is 88.2 Å². The van der Waals surface area contributed by atoms with Gasteiger partial charge in [-0.25, -0.2) is 0 Å². The van der Waals surface area contributed by atoms with Gasteiger partial charge in [0.1, 0.15) is 0 Å². The summed E-state index contributed by atoms with van der Waals surface area (Å²) in [7, 11) is 0. The lowest BCUT2D eigenvalue weighted by Crippen LogP contribution is -2.32. The number of morpholine rings is 1. The molecule has 0 bridgehead atoms. The van der Waals surface area contributed by atoms with Crippen LogP contribution in [0, 0.1) is 10.1 Å². The fourth-order valence-corrected chi connectivity index (χ4v) is 1.88. The van der Waals surface area contributed by atoms with Crippen LogP contribution in [0.3, 0.4) is 0 Å². The second-order valence-electron chi connectivity index (χ2n) is 3.93. The minimum absolute atomic E-state index is 0.174. The maximum Gasteiger partial charge on any atom is 0.312 e. The van der Waals surface area contributed by atoms with Gasteiger partial charge in [-0.1, -0.05) is 11.6 Å². The summed E-state index contributed by atoms with van der Waals surface area (Å²) in [6.07, 6.45) is 1.36. The van der Waals surface area contributed by atoms with Gasteiger partial charge in [0.2, 0.25) is 5.75 Å². The third kappa shape index (κ3) is 3.33.